The number of ether oxygens (including phenoxy) is 9. The number of aliphatic hydroxyl groups is 2. The molecule has 3 amide bonds. The van der Waals surface area contributed by atoms with Gasteiger partial charge in [0.1, 0.15) is 54.1 Å². The van der Waals surface area contributed by atoms with Gasteiger partial charge in [-0.05, 0) is 80.7 Å². The number of aryl methyl sites for hydroxylation is 1. The molecule has 4 fully saturated rings. The van der Waals surface area contributed by atoms with Gasteiger partial charge in [0.05, 0.1) is 19.1 Å². The topological polar surface area (TPSA) is 256 Å². The van der Waals surface area contributed by atoms with Crippen LogP contribution in [0.25, 0.3) is 10.8 Å². The number of carbonyl (C=O) groups is 6. The van der Waals surface area contributed by atoms with Crippen LogP contribution in [-0.2, 0) is 52.3 Å². The lowest BCUT2D eigenvalue weighted by Crippen LogP contribution is -2.64. The Labute approximate surface area is 395 Å². The molecule has 0 aromatic heterocycles. The number of imide groups is 1. The molecular formula is C49H50N2O18. The van der Waals surface area contributed by atoms with Crippen LogP contribution in [0, 0.1) is 48.4 Å². The van der Waals surface area contributed by atoms with E-state index in [2.05, 4.69) is 23.7 Å². The van der Waals surface area contributed by atoms with Crippen molar-refractivity contribution >= 4 is 46.8 Å². The second-order valence-electron chi connectivity index (χ2n) is 18.1. The van der Waals surface area contributed by atoms with Gasteiger partial charge in [-0.3, -0.25) is 19.3 Å². The van der Waals surface area contributed by atoms with Gasteiger partial charge in [-0.15, -0.1) is 0 Å². The Bertz CT molecular complexity index is 2630. The fourth-order valence-electron chi connectivity index (χ4n) is 9.84. The van der Waals surface area contributed by atoms with Gasteiger partial charge in [0.15, 0.2) is 18.5 Å². The first kappa shape index (κ1) is 47.4. The Hall–Kier alpha value is -6.68. The number of epoxide rings is 1. The van der Waals surface area contributed by atoms with E-state index in [0.717, 1.165) is 10.5 Å². The number of methoxy groups -OCH3 is 1. The van der Waals surface area contributed by atoms with Crippen LogP contribution in [0.2, 0.25) is 0 Å². The number of phenols is 1. The predicted molar refractivity (Wildman–Crippen MR) is 233 cm³/mol. The predicted octanol–water partition coefficient (Wildman–Crippen LogP) is 2.55. The fraction of sp³-hybridized carbons (Fsp3) is 0.510. The minimum absolute atomic E-state index is 0.0242. The van der Waals surface area contributed by atoms with Crippen molar-refractivity contribution in [3.8, 4) is 35.2 Å². The van der Waals surface area contributed by atoms with E-state index in [9.17, 15) is 44.1 Å². The van der Waals surface area contributed by atoms with Crippen LogP contribution in [0.3, 0.4) is 0 Å². The van der Waals surface area contributed by atoms with Gasteiger partial charge in [-0.25, -0.2) is 14.4 Å². The van der Waals surface area contributed by atoms with Crippen molar-refractivity contribution < 1.29 is 86.7 Å². The minimum atomic E-state index is -1.68. The van der Waals surface area contributed by atoms with Crippen molar-refractivity contribution in [1.29, 1.82) is 0 Å². The van der Waals surface area contributed by atoms with Crippen LogP contribution >= 0.6 is 0 Å². The third-order valence-electron chi connectivity index (χ3n) is 13.9. The number of carbonyl (C=O) groups excluding carboxylic acids is 6. The zero-order valence-corrected chi connectivity index (χ0v) is 38.0. The molecule has 364 valence electrons. The number of phenolic OH excluding ortho intramolecular Hbond substituents is 1. The Balaban J connectivity index is 0.932. The molecule has 20 heteroatoms. The molecule has 3 aliphatic carbocycles. The van der Waals surface area contributed by atoms with E-state index in [-0.39, 0.29) is 48.6 Å². The molecule has 4 heterocycles. The highest BCUT2D eigenvalue weighted by Gasteiger charge is 2.65. The van der Waals surface area contributed by atoms with Crippen molar-refractivity contribution in [2.45, 2.75) is 107 Å². The molecule has 9 rings (SSSR count). The van der Waals surface area contributed by atoms with Crippen molar-refractivity contribution in [3.05, 3.63) is 59.2 Å². The van der Waals surface area contributed by atoms with Crippen LogP contribution < -0.4 is 4.74 Å². The largest absolute Gasteiger partial charge is 0.508 e. The van der Waals surface area contributed by atoms with Crippen molar-refractivity contribution in [3.63, 3.8) is 0 Å². The zero-order chi connectivity index (χ0) is 48.9. The van der Waals surface area contributed by atoms with E-state index in [4.69, 9.17) is 42.6 Å². The monoisotopic (exact) mass is 954 g/mol. The number of aliphatic hydroxyl groups excluding tert-OH is 2. The van der Waals surface area contributed by atoms with Gasteiger partial charge in [0, 0.05) is 49.0 Å². The third kappa shape index (κ3) is 9.18. The minimum Gasteiger partial charge on any atom is -0.507 e. The molecule has 4 aliphatic heterocycles. The maximum atomic E-state index is 14.4. The number of fused-ring (bicyclic) bond motifs is 3. The van der Waals surface area contributed by atoms with E-state index < -0.39 is 103 Å². The first-order chi connectivity index (χ1) is 33.1. The summed E-state index contributed by atoms with van der Waals surface area (Å²) in [6, 6.07) is 4.96. The van der Waals surface area contributed by atoms with Gasteiger partial charge in [0.2, 0.25) is 12.4 Å². The maximum Gasteiger partial charge on any atom is 0.508 e. The van der Waals surface area contributed by atoms with Crippen LogP contribution in [-0.4, -0.2) is 156 Å². The van der Waals surface area contributed by atoms with E-state index >= 15 is 0 Å². The van der Waals surface area contributed by atoms with E-state index in [0.29, 0.717) is 47.8 Å². The van der Waals surface area contributed by atoms with Gasteiger partial charge in [-0.2, -0.15) is 0 Å². The molecule has 69 heavy (non-hydrogen) atoms. The molecule has 7 aliphatic rings. The Morgan fingerprint density at radius 1 is 1.00 bits per heavy atom. The van der Waals surface area contributed by atoms with Crippen molar-refractivity contribution in [1.82, 2.24) is 9.80 Å². The molecular weight excluding hydrogens is 905 g/mol. The zero-order valence-electron chi connectivity index (χ0n) is 38.0. The lowest BCUT2D eigenvalue weighted by Gasteiger charge is -2.46. The molecule has 1 saturated carbocycles. The normalized spacial score (nSPS) is 33.1. The first-order valence-electron chi connectivity index (χ1n) is 22.6. The van der Waals surface area contributed by atoms with Crippen LogP contribution in [0.4, 0.5) is 9.59 Å². The number of aromatic hydroxyl groups is 1. The second kappa shape index (κ2) is 19.0. The van der Waals surface area contributed by atoms with E-state index in [1.807, 2.05) is 6.92 Å². The van der Waals surface area contributed by atoms with Crippen LogP contribution in [0.15, 0.2) is 48.1 Å². The summed E-state index contributed by atoms with van der Waals surface area (Å²) < 4.78 is 51.4. The summed E-state index contributed by atoms with van der Waals surface area (Å²) in [6.45, 7) is 2.68. The quantitative estimate of drug-likeness (QED) is 0.0690. The number of likely N-dealkylation sites (N-methyl/N-ethyl adjacent to an activating group) is 1. The summed E-state index contributed by atoms with van der Waals surface area (Å²) in [5, 5.41) is 34.7. The Morgan fingerprint density at radius 3 is 2.46 bits per heavy atom. The highest BCUT2D eigenvalue weighted by atomic mass is 16.8. The molecule has 0 radical (unpaired) electrons. The number of nitrogens with zero attached hydrogens (tertiary/aromatic N) is 2. The summed E-state index contributed by atoms with van der Waals surface area (Å²) in [4.78, 5) is 79.1. The second-order valence-corrected chi connectivity index (χ2v) is 18.1. The van der Waals surface area contributed by atoms with Crippen LogP contribution in [0.5, 0.6) is 11.5 Å². The lowest BCUT2D eigenvalue weighted by atomic mass is 9.82. The SMILES string of the molecule is COc1cc(C)c2ccc(O)c(C(=O)O[C@@H]3C=C4C#C[C@]5(C6COC(=O)O6)O[C@@H]5C#CCC4[C@H]3O[C@H]3O[C@H](C)[C@H](O)[C@H](O)[C@H]3N(C)C(=O)OCOC(=O)C3CCC(CN4C(=O)C=CC4=O)CC3)c2c1. The first-order valence-corrected chi connectivity index (χ1v) is 22.6. The summed E-state index contributed by atoms with van der Waals surface area (Å²) in [5.41, 5.74) is -0.298. The average molecular weight is 955 g/mol. The number of amides is 3. The Morgan fingerprint density at radius 2 is 1.75 bits per heavy atom. The number of cyclic esters (lactones) is 2. The van der Waals surface area contributed by atoms with Gasteiger partial charge < -0.3 is 62.9 Å². The van der Waals surface area contributed by atoms with Gasteiger partial charge in [-0.1, -0.05) is 29.7 Å². The standard InChI is InChI=1S/C49H50N2O18/c1-24-18-29(61-4)20-32-30(24)12-13-33(52)39(32)45(58)66-34-19-28-16-17-49(36-22-62-48(60)67-36)35(69-49)7-5-6-31(28)43(34)68-46-40(42(56)41(55)25(2)65-46)50(3)47(59)64-23-63-44(57)27-10-8-26(9-11-27)21-51-37(53)14-15-38(51)54/h12-15,18-20,25-27,31,34-36,40-43,46,52,55-56H,6,8-11,21-23H2,1-4H3/t25-,26?,27?,31?,34-,35-,36?,40-,41+,42-,43-,46-,49+/m1/s1. The van der Waals surface area contributed by atoms with Crippen molar-refractivity contribution in [2.24, 2.45) is 17.8 Å². The molecule has 0 spiro atoms. The molecule has 3 saturated heterocycles. The molecule has 20 nitrogen and oxygen atoms in total. The molecule has 2 aromatic rings. The van der Waals surface area contributed by atoms with Crippen LogP contribution in [0.1, 0.15) is 54.9 Å². The van der Waals surface area contributed by atoms with Crippen molar-refractivity contribution in [2.75, 3.05) is 34.1 Å². The summed E-state index contributed by atoms with van der Waals surface area (Å²) in [6.07, 6.45) is -5.68. The molecule has 0 bridgehead atoms. The summed E-state index contributed by atoms with van der Waals surface area (Å²) >= 11 is 0. The third-order valence-corrected chi connectivity index (χ3v) is 13.9. The number of hydrogen-bond acceptors (Lipinski definition) is 18. The van der Waals surface area contributed by atoms with Gasteiger partial charge >= 0.3 is 24.2 Å². The highest BCUT2D eigenvalue weighted by Crippen LogP contribution is 2.45. The highest BCUT2D eigenvalue weighted by molar-refractivity contribution is 6.13. The summed E-state index contributed by atoms with van der Waals surface area (Å²) in [7, 11) is 2.74. The number of benzene rings is 2. The lowest BCUT2D eigenvalue weighted by molar-refractivity contribution is -0.293. The maximum absolute atomic E-state index is 14.4. The fourth-order valence-corrected chi connectivity index (χ4v) is 9.84. The van der Waals surface area contributed by atoms with Gasteiger partial charge in [0.25, 0.3) is 11.8 Å². The molecule has 2 unspecified atom stereocenters. The number of hydrogen-bond donors (Lipinski definition) is 3. The Kier molecular flexibility index (Phi) is 13.1. The smallest absolute Gasteiger partial charge is 0.507 e. The number of rotatable bonds is 12. The molecule has 11 atom stereocenters. The number of esters is 2. The summed E-state index contributed by atoms with van der Waals surface area (Å²) in [5.74, 6) is 8.86. The average Bonchev–Trinajstić information content (AvgIpc) is 3.49. The van der Waals surface area contributed by atoms with E-state index in [1.54, 1.807) is 24.3 Å². The van der Waals surface area contributed by atoms with E-state index in [1.165, 1.54) is 44.2 Å². The molecule has 3 N–H and O–H groups in total. The molecule has 2 aromatic carbocycles.